The lowest BCUT2D eigenvalue weighted by atomic mass is 10.0. The summed E-state index contributed by atoms with van der Waals surface area (Å²) in [5, 5.41) is 23.2. The number of unbranched alkanes of at least 4 members (excludes halogenated alkanes) is 45. The van der Waals surface area contributed by atoms with Crippen molar-refractivity contribution in [3.8, 4) is 0 Å². The van der Waals surface area contributed by atoms with Gasteiger partial charge in [0.2, 0.25) is 5.91 Å². The van der Waals surface area contributed by atoms with Gasteiger partial charge in [0.1, 0.15) is 0 Å². The molecule has 0 fully saturated rings. The third kappa shape index (κ3) is 55.5. The molecule has 0 saturated carbocycles. The lowest BCUT2D eigenvalue weighted by Crippen LogP contribution is -2.45. The normalized spacial score (nSPS) is 12.7. The Morgan fingerprint density at radius 1 is 0.391 bits per heavy atom. The van der Waals surface area contributed by atoms with Crippen molar-refractivity contribution in [2.45, 2.75) is 353 Å². The van der Waals surface area contributed by atoms with E-state index in [4.69, 9.17) is 4.74 Å². The second kappa shape index (κ2) is 58.9. The fourth-order valence-electron chi connectivity index (χ4n) is 9.69. The number of rotatable bonds is 58. The van der Waals surface area contributed by atoms with Crippen molar-refractivity contribution in [1.29, 1.82) is 0 Å². The van der Waals surface area contributed by atoms with Crippen LogP contribution in [0.3, 0.4) is 0 Å². The molecule has 3 N–H and O–H groups in total. The van der Waals surface area contributed by atoms with Crippen LogP contribution >= 0.6 is 0 Å². The summed E-state index contributed by atoms with van der Waals surface area (Å²) in [5.41, 5.74) is 0. The van der Waals surface area contributed by atoms with Crippen molar-refractivity contribution in [2.24, 2.45) is 0 Å². The van der Waals surface area contributed by atoms with Crippen molar-refractivity contribution in [1.82, 2.24) is 5.32 Å². The molecule has 0 aliphatic carbocycles. The molecule has 0 radical (unpaired) electrons. The molecule has 0 heterocycles. The van der Waals surface area contributed by atoms with Gasteiger partial charge < -0.3 is 20.3 Å². The number of allylic oxidation sites excluding steroid dienone is 3. The van der Waals surface area contributed by atoms with Gasteiger partial charge in [-0.05, 0) is 57.8 Å². The number of carbonyl (C=O) groups is 2. The molecule has 6 heteroatoms. The SMILES string of the molecule is CCCCCCCCC/C=C\CCCCCCCCCC(=O)OCCCCCCCCCCCCCCCCCCC(=O)NC(CO)C(O)/C=C/CCCCCCCCCCCCCCCCCC. The van der Waals surface area contributed by atoms with Gasteiger partial charge >= 0.3 is 5.97 Å². The molecular weight excluding hydrogens is 851 g/mol. The standard InChI is InChI=1S/C63H121NO5/c1-3-5-7-9-11-13-15-17-19-21-23-27-31-35-39-43-47-51-55-61(66)60(59-65)64-62(67)56-52-48-44-40-36-32-28-25-26-30-34-38-42-46-50-54-58-69-63(68)57-53-49-45-41-37-33-29-24-22-20-18-16-14-12-10-8-6-4-2/h20,22,51,55,60-61,65-66H,3-19,21,23-50,52-54,56-59H2,1-2H3,(H,64,67)/b22-20-,55-51+. The van der Waals surface area contributed by atoms with Crippen LogP contribution in [0.15, 0.2) is 24.3 Å². The van der Waals surface area contributed by atoms with Crippen LogP contribution in [0.4, 0.5) is 0 Å². The van der Waals surface area contributed by atoms with E-state index < -0.39 is 12.1 Å². The van der Waals surface area contributed by atoms with Gasteiger partial charge in [-0.3, -0.25) is 9.59 Å². The molecule has 2 unspecified atom stereocenters. The molecule has 0 rings (SSSR count). The van der Waals surface area contributed by atoms with Crippen LogP contribution in [0.5, 0.6) is 0 Å². The fraction of sp³-hybridized carbons (Fsp3) is 0.905. The van der Waals surface area contributed by atoms with E-state index in [9.17, 15) is 19.8 Å². The van der Waals surface area contributed by atoms with Crippen molar-refractivity contribution in [3.63, 3.8) is 0 Å². The Morgan fingerprint density at radius 2 is 0.681 bits per heavy atom. The molecule has 0 spiro atoms. The van der Waals surface area contributed by atoms with Crippen LogP contribution in [0.25, 0.3) is 0 Å². The first-order valence-corrected chi connectivity index (χ1v) is 31.1. The number of nitrogens with one attached hydrogen (secondary N) is 1. The van der Waals surface area contributed by atoms with Gasteiger partial charge in [-0.25, -0.2) is 0 Å². The van der Waals surface area contributed by atoms with Crippen molar-refractivity contribution in [3.05, 3.63) is 24.3 Å². The molecule has 408 valence electrons. The third-order valence-electron chi connectivity index (χ3n) is 14.5. The molecule has 0 aromatic heterocycles. The molecule has 69 heavy (non-hydrogen) atoms. The first kappa shape index (κ1) is 67.3. The summed E-state index contributed by atoms with van der Waals surface area (Å²) in [6.45, 7) is 4.91. The van der Waals surface area contributed by atoms with Crippen LogP contribution in [0.1, 0.15) is 341 Å². The summed E-state index contributed by atoms with van der Waals surface area (Å²) in [6, 6.07) is -0.633. The second-order valence-corrected chi connectivity index (χ2v) is 21.4. The first-order chi connectivity index (χ1) is 34.0. The molecular formula is C63H121NO5. The monoisotopic (exact) mass is 972 g/mol. The maximum absolute atomic E-state index is 12.5. The highest BCUT2D eigenvalue weighted by Crippen LogP contribution is 2.17. The van der Waals surface area contributed by atoms with Gasteiger partial charge in [-0.15, -0.1) is 0 Å². The van der Waals surface area contributed by atoms with Gasteiger partial charge in [0.25, 0.3) is 0 Å². The zero-order valence-corrected chi connectivity index (χ0v) is 46.6. The highest BCUT2D eigenvalue weighted by atomic mass is 16.5. The minimum absolute atomic E-state index is 0.000157. The number of ether oxygens (including phenoxy) is 1. The highest BCUT2D eigenvalue weighted by molar-refractivity contribution is 5.76. The number of aliphatic hydroxyl groups excluding tert-OH is 2. The Bertz CT molecular complexity index is 1080. The predicted molar refractivity (Wildman–Crippen MR) is 301 cm³/mol. The van der Waals surface area contributed by atoms with Crippen LogP contribution in [0.2, 0.25) is 0 Å². The topological polar surface area (TPSA) is 95.9 Å². The molecule has 0 aliphatic rings. The van der Waals surface area contributed by atoms with Crippen molar-refractivity contribution in [2.75, 3.05) is 13.2 Å². The maximum atomic E-state index is 12.5. The summed E-state index contributed by atoms with van der Waals surface area (Å²) in [5.74, 6) is -0.0724. The summed E-state index contributed by atoms with van der Waals surface area (Å²) in [6.07, 6.45) is 72.1. The van der Waals surface area contributed by atoms with E-state index >= 15 is 0 Å². The quantitative estimate of drug-likeness (QED) is 0.0321. The average molecular weight is 973 g/mol. The zero-order valence-electron chi connectivity index (χ0n) is 46.6. The molecule has 0 aromatic rings. The lowest BCUT2D eigenvalue weighted by Gasteiger charge is -2.20. The lowest BCUT2D eigenvalue weighted by molar-refractivity contribution is -0.143. The highest BCUT2D eigenvalue weighted by Gasteiger charge is 2.18. The summed E-state index contributed by atoms with van der Waals surface area (Å²) in [4.78, 5) is 24.6. The van der Waals surface area contributed by atoms with E-state index in [-0.39, 0.29) is 18.5 Å². The molecule has 0 bridgehead atoms. The first-order valence-electron chi connectivity index (χ1n) is 31.1. The number of esters is 1. The third-order valence-corrected chi connectivity index (χ3v) is 14.5. The molecule has 0 aromatic carbocycles. The van der Waals surface area contributed by atoms with Gasteiger partial charge in [0.05, 0.1) is 25.4 Å². The van der Waals surface area contributed by atoms with E-state index in [0.29, 0.717) is 19.4 Å². The minimum Gasteiger partial charge on any atom is -0.466 e. The number of amides is 1. The molecule has 1 amide bonds. The maximum Gasteiger partial charge on any atom is 0.305 e. The molecule has 0 aliphatic heterocycles. The van der Waals surface area contributed by atoms with Crippen LogP contribution in [0, 0.1) is 0 Å². The largest absolute Gasteiger partial charge is 0.466 e. The summed E-state index contributed by atoms with van der Waals surface area (Å²) < 4.78 is 5.49. The number of hydrogen-bond acceptors (Lipinski definition) is 5. The van der Waals surface area contributed by atoms with Crippen molar-refractivity contribution < 1.29 is 24.5 Å². The second-order valence-electron chi connectivity index (χ2n) is 21.4. The van der Waals surface area contributed by atoms with E-state index in [1.165, 1.54) is 270 Å². The van der Waals surface area contributed by atoms with E-state index in [1.54, 1.807) is 6.08 Å². The van der Waals surface area contributed by atoms with Crippen LogP contribution < -0.4 is 5.32 Å². The van der Waals surface area contributed by atoms with E-state index in [2.05, 4.69) is 31.3 Å². The Hall–Kier alpha value is -1.66. The Labute approximate surface area is 431 Å². The van der Waals surface area contributed by atoms with Crippen LogP contribution in [-0.4, -0.2) is 47.4 Å². The molecule has 2 atom stereocenters. The molecule has 6 nitrogen and oxygen atoms in total. The summed E-state index contributed by atoms with van der Waals surface area (Å²) >= 11 is 0. The van der Waals surface area contributed by atoms with Gasteiger partial charge in [-0.1, -0.05) is 295 Å². The Morgan fingerprint density at radius 3 is 1.03 bits per heavy atom. The zero-order chi connectivity index (χ0) is 50.0. The van der Waals surface area contributed by atoms with Gasteiger partial charge in [-0.2, -0.15) is 0 Å². The van der Waals surface area contributed by atoms with Gasteiger partial charge in [0, 0.05) is 12.8 Å². The predicted octanol–water partition coefficient (Wildman–Crippen LogP) is 19.4. The summed E-state index contributed by atoms with van der Waals surface area (Å²) in [7, 11) is 0. The number of carbonyl (C=O) groups excluding carboxylic acids is 2. The number of hydrogen-bond donors (Lipinski definition) is 3. The van der Waals surface area contributed by atoms with Crippen molar-refractivity contribution >= 4 is 11.9 Å². The van der Waals surface area contributed by atoms with E-state index in [0.717, 1.165) is 44.9 Å². The smallest absolute Gasteiger partial charge is 0.305 e. The van der Waals surface area contributed by atoms with E-state index in [1.807, 2.05) is 6.08 Å². The Balaban J connectivity index is 3.44. The Kier molecular flexibility index (Phi) is 57.5. The fourth-order valence-corrected chi connectivity index (χ4v) is 9.69. The number of aliphatic hydroxyl groups is 2. The van der Waals surface area contributed by atoms with Gasteiger partial charge in [0.15, 0.2) is 0 Å². The minimum atomic E-state index is -0.849. The van der Waals surface area contributed by atoms with Crippen LogP contribution in [-0.2, 0) is 14.3 Å². The molecule has 0 saturated heterocycles. The average Bonchev–Trinajstić information content (AvgIpc) is 3.35.